The molecule has 0 aliphatic heterocycles. The molecule has 1 heterocycles. The normalized spacial score (nSPS) is 11.6. The summed E-state index contributed by atoms with van der Waals surface area (Å²) >= 11 is 0. The van der Waals surface area contributed by atoms with E-state index in [-0.39, 0.29) is 22.9 Å². The van der Waals surface area contributed by atoms with E-state index in [0.717, 1.165) is 27.4 Å². The molecular formula is C21H17N3O3. The monoisotopic (exact) mass is 359 g/mol. The molecular weight excluding hydrogens is 342 g/mol. The maximum Gasteiger partial charge on any atom is 0.299 e. The average Bonchev–Trinajstić information content (AvgIpc) is 2.98. The highest BCUT2D eigenvalue weighted by Crippen LogP contribution is 2.37. The third-order valence-electron chi connectivity index (χ3n) is 4.79. The number of amides is 1. The van der Waals surface area contributed by atoms with Gasteiger partial charge in [0.2, 0.25) is 5.88 Å². The molecule has 0 saturated heterocycles. The van der Waals surface area contributed by atoms with E-state index in [2.05, 4.69) is 15.2 Å². The molecule has 6 heteroatoms. The summed E-state index contributed by atoms with van der Waals surface area (Å²) in [6.45, 7) is 3.91. The number of nitrogens with zero attached hydrogens (tertiary/aromatic N) is 2. The van der Waals surface area contributed by atoms with Crippen molar-refractivity contribution in [3.8, 4) is 11.6 Å². The summed E-state index contributed by atoms with van der Waals surface area (Å²) in [6, 6.07) is 14.2. The number of aromatic nitrogens is 1. The number of phenols is 1. The van der Waals surface area contributed by atoms with Crippen LogP contribution in [0.3, 0.4) is 0 Å². The summed E-state index contributed by atoms with van der Waals surface area (Å²) < 4.78 is 0. The van der Waals surface area contributed by atoms with Crippen LogP contribution in [0.4, 0.5) is 5.69 Å². The van der Waals surface area contributed by atoms with E-state index in [1.165, 1.54) is 6.07 Å². The third-order valence-corrected chi connectivity index (χ3v) is 4.79. The van der Waals surface area contributed by atoms with E-state index in [4.69, 9.17) is 0 Å². The van der Waals surface area contributed by atoms with E-state index in [9.17, 15) is 15.0 Å². The lowest BCUT2D eigenvalue weighted by Crippen LogP contribution is -1.94. The van der Waals surface area contributed by atoms with Crippen LogP contribution in [0.2, 0.25) is 0 Å². The lowest BCUT2D eigenvalue weighted by atomic mass is 10.1. The first-order chi connectivity index (χ1) is 13.0. The van der Waals surface area contributed by atoms with Crippen molar-refractivity contribution in [1.82, 2.24) is 4.98 Å². The zero-order valence-corrected chi connectivity index (χ0v) is 14.8. The molecule has 0 fully saturated rings. The van der Waals surface area contributed by atoms with E-state index >= 15 is 0 Å². The van der Waals surface area contributed by atoms with Gasteiger partial charge in [0, 0.05) is 5.39 Å². The van der Waals surface area contributed by atoms with Crippen LogP contribution in [-0.4, -0.2) is 21.1 Å². The number of nitrogens with one attached hydrogen (secondary N) is 1. The highest BCUT2D eigenvalue weighted by atomic mass is 16.3. The van der Waals surface area contributed by atoms with E-state index in [1.54, 1.807) is 6.07 Å². The minimum atomic E-state index is -0.684. The van der Waals surface area contributed by atoms with Crippen molar-refractivity contribution in [3.05, 3.63) is 65.2 Å². The Morgan fingerprint density at radius 3 is 2.44 bits per heavy atom. The Balaban J connectivity index is 1.74. The maximum absolute atomic E-state index is 12.5. The predicted octanol–water partition coefficient (Wildman–Crippen LogP) is 5.27. The standard InChI is InChI=1S/C21H17N3O3/c1-11-7-8-15-18(12(11)2)22-21(27)19(15)23-24-20(26)16-9-13-5-3-4-6-14(13)10-17(16)25/h3-10,22,25,27H,1-2H3. The van der Waals surface area contributed by atoms with Gasteiger partial charge in [-0.25, -0.2) is 0 Å². The van der Waals surface area contributed by atoms with Crippen molar-refractivity contribution in [2.24, 2.45) is 10.2 Å². The second-order valence-corrected chi connectivity index (χ2v) is 6.47. The molecule has 6 nitrogen and oxygen atoms in total. The van der Waals surface area contributed by atoms with Crippen molar-refractivity contribution in [1.29, 1.82) is 0 Å². The van der Waals surface area contributed by atoms with Gasteiger partial charge in [0.1, 0.15) is 5.75 Å². The third kappa shape index (κ3) is 2.81. The Kier molecular flexibility index (Phi) is 3.88. The number of carbonyl (C=O) groups is 1. The van der Waals surface area contributed by atoms with Crippen molar-refractivity contribution in [2.75, 3.05) is 0 Å². The number of H-pyrrole nitrogens is 1. The van der Waals surface area contributed by atoms with Gasteiger partial charge in [-0.3, -0.25) is 4.79 Å². The summed E-state index contributed by atoms with van der Waals surface area (Å²) in [6.07, 6.45) is 0. The molecule has 0 bridgehead atoms. The maximum atomic E-state index is 12.5. The lowest BCUT2D eigenvalue weighted by molar-refractivity contribution is 0.0992. The van der Waals surface area contributed by atoms with Crippen LogP contribution < -0.4 is 0 Å². The smallest absolute Gasteiger partial charge is 0.299 e. The molecule has 4 aromatic rings. The quantitative estimate of drug-likeness (QED) is 0.425. The first-order valence-corrected chi connectivity index (χ1v) is 8.44. The summed E-state index contributed by atoms with van der Waals surface area (Å²) in [5.74, 6) is -0.999. The van der Waals surface area contributed by atoms with Crippen LogP contribution in [0.25, 0.3) is 21.7 Å². The largest absolute Gasteiger partial charge is 0.507 e. The Morgan fingerprint density at radius 2 is 1.70 bits per heavy atom. The fourth-order valence-electron chi connectivity index (χ4n) is 3.13. The van der Waals surface area contributed by atoms with Crippen LogP contribution >= 0.6 is 0 Å². The number of azo groups is 1. The minimum absolute atomic E-state index is 0.0591. The zero-order valence-electron chi connectivity index (χ0n) is 14.8. The molecule has 0 unspecified atom stereocenters. The number of aromatic hydroxyl groups is 2. The lowest BCUT2D eigenvalue weighted by Gasteiger charge is -2.03. The number of carbonyl (C=O) groups excluding carboxylic acids is 1. The van der Waals surface area contributed by atoms with E-state index < -0.39 is 5.91 Å². The van der Waals surface area contributed by atoms with Crippen molar-refractivity contribution in [3.63, 3.8) is 0 Å². The molecule has 27 heavy (non-hydrogen) atoms. The highest BCUT2D eigenvalue weighted by molar-refractivity contribution is 6.02. The van der Waals surface area contributed by atoms with Crippen molar-refractivity contribution >= 4 is 33.3 Å². The van der Waals surface area contributed by atoms with Gasteiger partial charge in [0.15, 0.2) is 5.69 Å². The van der Waals surface area contributed by atoms with Gasteiger partial charge < -0.3 is 15.2 Å². The Hall–Kier alpha value is -3.67. The molecule has 0 atom stereocenters. The van der Waals surface area contributed by atoms with Gasteiger partial charge in [-0.05, 0) is 47.9 Å². The Labute approximate surface area is 154 Å². The molecule has 0 saturated carbocycles. The Bertz CT molecular complexity index is 1240. The number of aryl methyl sites for hydroxylation is 2. The Morgan fingerprint density at radius 1 is 1.00 bits per heavy atom. The summed E-state index contributed by atoms with van der Waals surface area (Å²) in [4.78, 5) is 15.3. The fourth-order valence-corrected chi connectivity index (χ4v) is 3.13. The average molecular weight is 359 g/mol. The number of hydrogen-bond donors (Lipinski definition) is 3. The van der Waals surface area contributed by atoms with Crippen LogP contribution in [0.15, 0.2) is 58.8 Å². The zero-order chi connectivity index (χ0) is 19.1. The number of aromatic amines is 1. The van der Waals surface area contributed by atoms with Crippen LogP contribution in [0.1, 0.15) is 21.5 Å². The molecule has 1 aromatic heterocycles. The number of benzene rings is 3. The topological polar surface area (TPSA) is 98.0 Å². The summed E-state index contributed by atoms with van der Waals surface area (Å²) in [5, 5.41) is 30.3. The number of phenolic OH excluding ortho intramolecular Hbond substituents is 1. The van der Waals surface area contributed by atoms with Gasteiger partial charge in [-0.2, -0.15) is 0 Å². The number of fused-ring (bicyclic) bond motifs is 2. The molecule has 3 N–H and O–H groups in total. The van der Waals surface area contributed by atoms with E-state index in [0.29, 0.717) is 5.39 Å². The number of hydrogen-bond acceptors (Lipinski definition) is 4. The van der Waals surface area contributed by atoms with E-state index in [1.807, 2.05) is 50.2 Å². The molecule has 0 aliphatic carbocycles. The molecule has 0 spiro atoms. The second kappa shape index (κ2) is 6.25. The summed E-state index contributed by atoms with van der Waals surface area (Å²) in [5.41, 5.74) is 3.07. The molecule has 1 amide bonds. The van der Waals surface area contributed by atoms with Gasteiger partial charge in [0.05, 0.1) is 11.1 Å². The molecule has 0 radical (unpaired) electrons. The fraction of sp³-hybridized carbons (Fsp3) is 0.0952. The number of rotatable bonds is 2. The molecule has 4 rings (SSSR count). The molecule has 3 aromatic carbocycles. The van der Waals surface area contributed by atoms with Gasteiger partial charge in [-0.1, -0.05) is 36.4 Å². The van der Waals surface area contributed by atoms with Crippen molar-refractivity contribution in [2.45, 2.75) is 13.8 Å². The van der Waals surface area contributed by atoms with Gasteiger partial charge in [-0.15, -0.1) is 10.2 Å². The predicted molar refractivity (Wildman–Crippen MR) is 104 cm³/mol. The first kappa shape index (κ1) is 16.8. The highest BCUT2D eigenvalue weighted by Gasteiger charge is 2.15. The van der Waals surface area contributed by atoms with Crippen LogP contribution in [0.5, 0.6) is 11.6 Å². The molecule has 134 valence electrons. The van der Waals surface area contributed by atoms with Gasteiger partial charge >= 0.3 is 0 Å². The first-order valence-electron chi connectivity index (χ1n) is 8.44. The van der Waals surface area contributed by atoms with Gasteiger partial charge in [0.25, 0.3) is 5.91 Å². The molecule has 0 aliphatic rings. The van der Waals surface area contributed by atoms with Crippen LogP contribution in [-0.2, 0) is 0 Å². The second-order valence-electron chi connectivity index (χ2n) is 6.47. The van der Waals surface area contributed by atoms with Crippen LogP contribution in [0, 0.1) is 13.8 Å². The van der Waals surface area contributed by atoms with Crippen molar-refractivity contribution < 1.29 is 15.0 Å². The summed E-state index contributed by atoms with van der Waals surface area (Å²) in [7, 11) is 0. The SMILES string of the molecule is Cc1ccc2c(N=NC(=O)c3cc4ccccc4cc3O)c(O)[nH]c2c1C. The minimum Gasteiger partial charge on any atom is -0.507 e.